The highest BCUT2D eigenvalue weighted by Crippen LogP contribution is 2.28. The van der Waals surface area contributed by atoms with Crippen molar-refractivity contribution in [2.24, 2.45) is 5.92 Å². The van der Waals surface area contributed by atoms with E-state index in [4.69, 9.17) is 4.42 Å². The lowest BCUT2D eigenvalue weighted by molar-refractivity contribution is 0.455. The second kappa shape index (κ2) is 6.09. The Morgan fingerprint density at radius 3 is 2.94 bits per heavy atom. The van der Waals surface area contributed by atoms with Gasteiger partial charge in [0, 0.05) is 11.6 Å². The zero-order valence-corrected chi connectivity index (χ0v) is 10.2. The van der Waals surface area contributed by atoms with Gasteiger partial charge in [-0.1, -0.05) is 25.7 Å². The lowest BCUT2D eigenvalue weighted by atomic mass is 10.0. The van der Waals surface area contributed by atoms with Crippen LogP contribution in [0.5, 0.6) is 0 Å². The fourth-order valence-electron chi connectivity index (χ4n) is 2.65. The third kappa shape index (κ3) is 3.38. The van der Waals surface area contributed by atoms with Gasteiger partial charge in [-0.15, -0.1) is 0 Å². The number of hydrogen-bond donors (Lipinski definition) is 1. The summed E-state index contributed by atoms with van der Waals surface area (Å²) in [5.41, 5.74) is 1.25. The second-order valence-electron chi connectivity index (χ2n) is 5.03. The largest absolute Gasteiger partial charge is 0.472 e. The van der Waals surface area contributed by atoms with Gasteiger partial charge < -0.3 is 9.73 Å². The van der Waals surface area contributed by atoms with Crippen LogP contribution in [-0.4, -0.2) is 6.54 Å². The van der Waals surface area contributed by atoms with Crippen LogP contribution in [0.2, 0.25) is 0 Å². The average Bonchev–Trinajstić information content (AvgIpc) is 2.96. The van der Waals surface area contributed by atoms with Gasteiger partial charge in [-0.05, 0) is 38.3 Å². The third-order valence-corrected chi connectivity index (χ3v) is 3.76. The van der Waals surface area contributed by atoms with E-state index in [1.807, 2.05) is 12.3 Å². The van der Waals surface area contributed by atoms with E-state index in [1.54, 1.807) is 6.26 Å². The summed E-state index contributed by atoms with van der Waals surface area (Å²) < 4.78 is 5.08. The maximum absolute atomic E-state index is 5.08. The van der Waals surface area contributed by atoms with Crippen molar-refractivity contribution in [3.63, 3.8) is 0 Å². The molecule has 2 rings (SSSR count). The molecule has 1 heterocycles. The molecule has 16 heavy (non-hydrogen) atoms. The Labute approximate surface area is 98.4 Å². The minimum atomic E-state index is 0.419. The van der Waals surface area contributed by atoms with Gasteiger partial charge in [0.2, 0.25) is 0 Å². The van der Waals surface area contributed by atoms with Crippen LogP contribution in [0.3, 0.4) is 0 Å². The molecule has 0 bridgehead atoms. The van der Waals surface area contributed by atoms with Crippen LogP contribution in [0, 0.1) is 5.92 Å². The molecule has 0 amide bonds. The Hall–Kier alpha value is -0.760. The molecule has 1 aliphatic rings. The topological polar surface area (TPSA) is 25.2 Å². The summed E-state index contributed by atoms with van der Waals surface area (Å²) in [6, 6.07) is 2.46. The SMILES string of the molecule is CC(NCCCC1CCCC1)c1ccoc1. The molecule has 90 valence electrons. The van der Waals surface area contributed by atoms with Crippen LogP contribution in [0.1, 0.15) is 57.1 Å². The van der Waals surface area contributed by atoms with Gasteiger partial charge in [0.15, 0.2) is 0 Å². The van der Waals surface area contributed by atoms with Gasteiger partial charge in [0.05, 0.1) is 12.5 Å². The van der Waals surface area contributed by atoms with Crippen LogP contribution in [0.15, 0.2) is 23.0 Å². The summed E-state index contributed by atoms with van der Waals surface area (Å²) in [5, 5.41) is 3.55. The van der Waals surface area contributed by atoms with Crippen molar-refractivity contribution in [3.05, 3.63) is 24.2 Å². The first-order chi connectivity index (χ1) is 7.86. The lowest BCUT2D eigenvalue weighted by Crippen LogP contribution is -2.19. The molecule has 0 radical (unpaired) electrons. The molecule has 2 heteroatoms. The Morgan fingerprint density at radius 1 is 1.44 bits per heavy atom. The molecular weight excluding hydrogens is 198 g/mol. The fraction of sp³-hybridized carbons (Fsp3) is 0.714. The van der Waals surface area contributed by atoms with Gasteiger partial charge in [-0.25, -0.2) is 0 Å². The van der Waals surface area contributed by atoms with Crippen LogP contribution in [0.4, 0.5) is 0 Å². The molecule has 1 aromatic heterocycles. The molecule has 0 saturated heterocycles. The summed E-state index contributed by atoms with van der Waals surface area (Å²) >= 11 is 0. The highest BCUT2D eigenvalue weighted by molar-refractivity contribution is 5.09. The number of rotatable bonds is 6. The Morgan fingerprint density at radius 2 is 2.25 bits per heavy atom. The highest BCUT2D eigenvalue weighted by Gasteiger charge is 2.14. The first-order valence-electron chi connectivity index (χ1n) is 6.62. The van der Waals surface area contributed by atoms with E-state index in [0.717, 1.165) is 12.5 Å². The van der Waals surface area contributed by atoms with Crippen LogP contribution in [-0.2, 0) is 0 Å². The van der Waals surface area contributed by atoms with Gasteiger partial charge in [0.25, 0.3) is 0 Å². The number of hydrogen-bond acceptors (Lipinski definition) is 2. The van der Waals surface area contributed by atoms with Crippen molar-refractivity contribution < 1.29 is 4.42 Å². The summed E-state index contributed by atoms with van der Waals surface area (Å²) in [6.45, 7) is 3.32. The van der Waals surface area contributed by atoms with Crippen LogP contribution < -0.4 is 5.32 Å². The number of nitrogens with one attached hydrogen (secondary N) is 1. The molecule has 1 fully saturated rings. The molecule has 0 aliphatic heterocycles. The molecule has 1 saturated carbocycles. The van der Waals surface area contributed by atoms with Gasteiger partial charge >= 0.3 is 0 Å². The molecule has 1 atom stereocenters. The molecule has 0 aromatic carbocycles. The van der Waals surface area contributed by atoms with E-state index in [1.165, 1.54) is 44.1 Å². The van der Waals surface area contributed by atoms with E-state index in [-0.39, 0.29) is 0 Å². The van der Waals surface area contributed by atoms with Crippen molar-refractivity contribution in [2.75, 3.05) is 6.54 Å². The summed E-state index contributed by atoms with van der Waals surface area (Å²) in [7, 11) is 0. The van der Waals surface area contributed by atoms with Crippen molar-refractivity contribution in [3.8, 4) is 0 Å². The molecule has 0 spiro atoms. The molecule has 1 aliphatic carbocycles. The van der Waals surface area contributed by atoms with Gasteiger partial charge in [-0.2, -0.15) is 0 Å². The van der Waals surface area contributed by atoms with Crippen LogP contribution in [0.25, 0.3) is 0 Å². The quantitative estimate of drug-likeness (QED) is 0.737. The van der Waals surface area contributed by atoms with Crippen molar-refractivity contribution in [2.45, 2.75) is 51.5 Å². The maximum Gasteiger partial charge on any atom is 0.0950 e. The van der Waals surface area contributed by atoms with E-state index in [0.29, 0.717) is 6.04 Å². The van der Waals surface area contributed by atoms with E-state index in [9.17, 15) is 0 Å². The smallest absolute Gasteiger partial charge is 0.0950 e. The Balaban J connectivity index is 1.57. The van der Waals surface area contributed by atoms with Crippen molar-refractivity contribution in [1.82, 2.24) is 5.32 Å². The van der Waals surface area contributed by atoms with E-state index < -0.39 is 0 Å². The predicted molar refractivity (Wildman–Crippen MR) is 66.3 cm³/mol. The minimum absolute atomic E-state index is 0.419. The first-order valence-corrected chi connectivity index (χ1v) is 6.62. The zero-order valence-electron chi connectivity index (χ0n) is 10.2. The van der Waals surface area contributed by atoms with E-state index >= 15 is 0 Å². The zero-order chi connectivity index (χ0) is 11.2. The van der Waals surface area contributed by atoms with Crippen LogP contribution >= 0.6 is 0 Å². The minimum Gasteiger partial charge on any atom is -0.472 e. The summed E-state index contributed by atoms with van der Waals surface area (Å²) in [5.74, 6) is 1.02. The normalized spacial score (nSPS) is 19.1. The first kappa shape index (κ1) is 11.7. The monoisotopic (exact) mass is 221 g/mol. The molecule has 2 nitrogen and oxygen atoms in total. The fourth-order valence-corrected chi connectivity index (χ4v) is 2.65. The third-order valence-electron chi connectivity index (χ3n) is 3.76. The summed E-state index contributed by atoms with van der Waals surface area (Å²) in [4.78, 5) is 0. The van der Waals surface area contributed by atoms with Gasteiger partial charge in [0.1, 0.15) is 0 Å². The molecule has 1 unspecified atom stereocenters. The molecular formula is C14H23NO. The number of furan rings is 1. The molecule has 1 N–H and O–H groups in total. The lowest BCUT2D eigenvalue weighted by Gasteiger charge is -2.13. The maximum atomic E-state index is 5.08. The second-order valence-corrected chi connectivity index (χ2v) is 5.03. The standard InChI is InChI=1S/C14H23NO/c1-12(14-8-10-16-11-14)15-9-4-7-13-5-2-3-6-13/h8,10-13,15H,2-7,9H2,1H3. The summed E-state index contributed by atoms with van der Waals surface area (Å²) in [6.07, 6.45) is 12.2. The average molecular weight is 221 g/mol. The Bertz CT molecular complexity index is 275. The highest BCUT2D eigenvalue weighted by atomic mass is 16.3. The van der Waals surface area contributed by atoms with Crippen molar-refractivity contribution >= 4 is 0 Å². The van der Waals surface area contributed by atoms with E-state index in [2.05, 4.69) is 12.2 Å². The Kier molecular flexibility index (Phi) is 4.46. The van der Waals surface area contributed by atoms with Gasteiger partial charge in [-0.3, -0.25) is 0 Å². The molecule has 1 aromatic rings. The van der Waals surface area contributed by atoms with Crippen molar-refractivity contribution in [1.29, 1.82) is 0 Å². The predicted octanol–water partition coefficient (Wildman–Crippen LogP) is 3.90.